The van der Waals surface area contributed by atoms with Gasteiger partial charge in [0.05, 0.1) is 22.4 Å². The van der Waals surface area contributed by atoms with E-state index in [4.69, 9.17) is 4.42 Å². The van der Waals surface area contributed by atoms with Crippen LogP contribution in [0.4, 0.5) is 9.52 Å². The van der Waals surface area contributed by atoms with Crippen LogP contribution in [0.5, 0.6) is 0 Å². The van der Waals surface area contributed by atoms with Gasteiger partial charge in [0, 0.05) is 18.7 Å². The first kappa shape index (κ1) is 24.5. The van der Waals surface area contributed by atoms with Crippen LogP contribution in [0.1, 0.15) is 16.1 Å². The van der Waals surface area contributed by atoms with E-state index in [2.05, 4.69) is 18.1 Å². The van der Waals surface area contributed by atoms with Gasteiger partial charge < -0.3 is 4.42 Å². The van der Waals surface area contributed by atoms with E-state index in [-0.39, 0.29) is 35.6 Å². The molecule has 4 rings (SSSR count). The normalized spacial score (nSPS) is 11.6. The van der Waals surface area contributed by atoms with E-state index in [1.54, 1.807) is 24.3 Å². The molecule has 7 nitrogen and oxygen atoms in total. The Kier molecular flexibility index (Phi) is 7.25. The molecule has 0 aliphatic heterocycles. The van der Waals surface area contributed by atoms with Crippen molar-refractivity contribution in [3.8, 4) is 0 Å². The van der Waals surface area contributed by atoms with Gasteiger partial charge in [-0.05, 0) is 48.5 Å². The lowest BCUT2D eigenvalue weighted by Gasteiger charge is -2.20. The molecular formula is C25H22FN3O4S2. The van der Waals surface area contributed by atoms with Crippen molar-refractivity contribution >= 4 is 42.6 Å². The molecular weight excluding hydrogens is 489 g/mol. The highest BCUT2D eigenvalue weighted by molar-refractivity contribution is 7.89. The van der Waals surface area contributed by atoms with E-state index in [1.165, 1.54) is 69.3 Å². The Labute approximate surface area is 206 Å². The van der Waals surface area contributed by atoms with Crippen LogP contribution < -0.4 is 4.90 Å². The van der Waals surface area contributed by atoms with E-state index in [0.29, 0.717) is 15.6 Å². The second-order valence-corrected chi connectivity index (χ2v) is 10.4. The molecule has 0 atom stereocenters. The maximum atomic E-state index is 14.2. The minimum Gasteiger partial charge on any atom is -0.467 e. The minimum absolute atomic E-state index is 0.0393. The Morgan fingerprint density at radius 1 is 1.06 bits per heavy atom. The SMILES string of the molecule is C=CCN(CC=C)S(=O)(=O)c1ccc(C(=O)N(Cc2ccco2)c2nc3c(F)cccc3s2)cc1. The van der Waals surface area contributed by atoms with Crippen LogP contribution in [0.2, 0.25) is 0 Å². The van der Waals surface area contributed by atoms with Crippen LogP contribution in [0.3, 0.4) is 0 Å². The number of thiazole rings is 1. The zero-order chi connectivity index (χ0) is 25.0. The second-order valence-electron chi connectivity index (χ2n) is 7.48. The molecule has 0 bridgehead atoms. The molecule has 35 heavy (non-hydrogen) atoms. The standard InChI is InChI=1S/C25H22FN3O4S2/c1-3-14-28(15-4-2)35(31,32)20-12-10-18(11-13-20)24(30)29(17-19-7-6-16-33-19)25-27-23-21(26)8-5-9-22(23)34-25/h3-13,16H,1-2,14-15,17H2. The summed E-state index contributed by atoms with van der Waals surface area (Å²) >= 11 is 1.18. The van der Waals surface area contributed by atoms with E-state index < -0.39 is 21.7 Å². The number of hydrogen-bond donors (Lipinski definition) is 0. The smallest absolute Gasteiger partial charge is 0.260 e. The number of aromatic nitrogens is 1. The Bertz CT molecular complexity index is 1450. The molecule has 0 N–H and O–H groups in total. The molecule has 10 heteroatoms. The quantitative estimate of drug-likeness (QED) is 0.272. The van der Waals surface area contributed by atoms with Gasteiger partial charge >= 0.3 is 0 Å². The zero-order valence-corrected chi connectivity index (χ0v) is 20.3. The van der Waals surface area contributed by atoms with Crippen LogP contribution in [0, 0.1) is 5.82 Å². The van der Waals surface area contributed by atoms with Gasteiger partial charge in [-0.1, -0.05) is 29.6 Å². The van der Waals surface area contributed by atoms with Crippen molar-refractivity contribution in [1.29, 1.82) is 0 Å². The van der Waals surface area contributed by atoms with Crippen molar-refractivity contribution in [2.75, 3.05) is 18.0 Å². The molecule has 0 fully saturated rings. The number of benzene rings is 2. The van der Waals surface area contributed by atoms with Crippen molar-refractivity contribution in [2.45, 2.75) is 11.4 Å². The molecule has 0 aliphatic rings. The average Bonchev–Trinajstić information content (AvgIpc) is 3.52. The van der Waals surface area contributed by atoms with Gasteiger partial charge in [-0.15, -0.1) is 13.2 Å². The maximum absolute atomic E-state index is 14.2. The third-order valence-electron chi connectivity index (χ3n) is 5.13. The summed E-state index contributed by atoms with van der Waals surface area (Å²) in [4.78, 5) is 19.3. The first-order valence-corrected chi connectivity index (χ1v) is 12.8. The number of nitrogens with zero attached hydrogens (tertiary/aromatic N) is 3. The zero-order valence-electron chi connectivity index (χ0n) is 18.6. The lowest BCUT2D eigenvalue weighted by Crippen LogP contribution is -2.32. The number of sulfonamides is 1. The number of carbonyl (C=O) groups is 1. The molecule has 2 aromatic heterocycles. The highest BCUT2D eigenvalue weighted by Crippen LogP contribution is 2.32. The van der Waals surface area contributed by atoms with Crippen molar-refractivity contribution in [3.05, 3.63) is 103 Å². The van der Waals surface area contributed by atoms with Gasteiger partial charge in [0.1, 0.15) is 17.1 Å². The highest BCUT2D eigenvalue weighted by Gasteiger charge is 2.26. The largest absolute Gasteiger partial charge is 0.467 e. The lowest BCUT2D eigenvalue weighted by molar-refractivity contribution is 0.0983. The second kappa shape index (κ2) is 10.3. The summed E-state index contributed by atoms with van der Waals surface area (Å²) in [7, 11) is -3.80. The van der Waals surface area contributed by atoms with E-state index >= 15 is 0 Å². The van der Waals surface area contributed by atoms with E-state index in [1.807, 2.05) is 0 Å². The summed E-state index contributed by atoms with van der Waals surface area (Å²) in [6.45, 7) is 7.52. The van der Waals surface area contributed by atoms with Gasteiger partial charge in [0.25, 0.3) is 5.91 Å². The molecule has 0 saturated carbocycles. The number of hydrogen-bond acceptors (Lipinski definition) is 6. The summed E-state index contributed by atoms with van der Waals surface area (Å²) in [6, 6.07) is 13.7. The fourth-order valence-corrected chi connectivity index (χ4v) is 5.80. The average molecular weight is 512 g/mol. The topological polar surface area (TPSA) is 83.7 Å². The summed E-state index contributed by atoms with van der Waals surface area (Å²) in [5, 5.41) is 0.298. The monoisotopic (exact) mass is 511 g/mol. The lowest BCUT2D eigenvalue weighted by atomic mass is 10.2. The van der Waals surface area contributed by atoms with Crippen LogP contribution in [-0.2, 0) is 16.6 Å². The molecule has 2 heterocycles. The van der Waals surface area contributed by atoms with E-state index in [0.717, 1.165) is 0 Å². The molecule has 0 spiro atoms. The number of amides is 1. The molecule has 0 aliphatic carbocycles. The first-order chi connectivity index (χ1) is 16.8. The predicted molar refractivity (Wildman–Crippen MR) is 134 cm³/mol. The summed E-state index contributed by atoms with van der Waals surface area (Å²) in [6.07, 6.45) is 4.48. The Morgan fingerprint density at radius 2 is 1.77 bits per heavy atom. The number of para-hydroxylation sites is 1. The molecule has 1 amide bonds. The number of rotatable bonds is 10. The van der Waals surface area contributed by atoms with Gasteiger partial charge in [-0.25, -0.2) is 17.8 Å². The van der Waals surface area contributed by atoms with Crippen molar-refractivity contribution in [1.82, 2.24) is 9.29 Å². The Hall–Kier alpha value is -3.60. The number of carbonyl (C=O) groups excluding carboxylic acids is 1. The molecule has 4 aromatic rings. The Morgan fingerprint density at radius 3 is 2.37 bits per heavy atom. The molecule has 2 aromatic carbocycles. The van der Waals surface area contributed by atoms with Gasteiger partial charge in [-0.2, -0.15) is 4.31 Å². The summed E-state index contributed by atoms with van der Waals surface area (Å²) < 4.78 is 47.4. The minimum atomic E-state index is -3.80. The molecule has 180 valence electrons. The molecule has 0 radical (unpaired) electrons. The summed E-state index contributed by atoms with van der Waals surface area (Å²) in [5.41, 5.74) is 0.421. The molecule has 0 unspecified atom stereocenters. The highest BCUT2D eigenvalue weighted by atomic mass is 32.2. The van der Waals surface area contributed by atoms with Gasteiger partial charge in [-0.3, -0.25) is 9.69 Å². The van der Waals surface area contributed by atoms with Crippen LogP contribution in [-0.4, -0.2) is 36.7 Å². The van der Waals surface area contributed by atoms with Crippen LogP contribution >= 0.6 is 11.3 Å². The third-order valence-corrected chi connectivity index (χ3v) is 8.02. The predicted octanol–water partition coefficient (Wildman–Crippen LogP) is 5.24. The first-order valence-electron chi connectivity index (χ1n) is 10.6. The van der Waals surface area contributed by atoms with Crippen LogP contribution in [0.15, 0.2) is 95.5 Å². The molecule has 0 saturated heterocycles. The van der Waals surface area contributed by atoms with Crippen LogP contribution in [0.25, 0.3) is 10.2 Å². The summed E-state index contributed by atoms with van der Waals surface area (Å²) in [5.74, 6) is -0.394. The fourth-order valence-electron chi connectivity index (χ4n) is 3.44. The number of anilines is 1. The Balaban J connectivity index is 1.68. The number of fused-ring (bicyclic) bond motifs is 1. The van der Waals surface area contributed by atoms with E-state index in [9.17, 15) is 17.6 Å². The number of halogens is 1. The third kappa shape index (κ3) is 5.09. The maximum Gasteiger partial charge on any atom is 0.260 e. The van der Waals surface area contributed by atoms with Gasteiger partial charge in [0.15, 0.2) is 5.13 Å². The fraction of sp³-hybridized carbons (Fsp3) is 0.120. The van der Waals surface area contributed by atoms with Crippen molar-refractivity contribution < 1.29 is 22.0 Å². The number of furan rings is 1. The van der Waals surface area contributed by atoms with Gasteiger partial charge in [0.2, 0.25) is 10.0 Å². The van der Waals surface area contributed by atoms with Crippen molar-refractivity contribution in [2.24, 2.45) is 0 Å². The van der Waals surface area contributed by atoms with Crippen molar-refractivity contribution in [3.63, 3.8) is 0 Å².